The lowest BCUT2D eigenvalue weighted by Gasteiger charge is -2.30. The van der Waals surface area contributed by atoms with Gasteiger partial charge in [-0.25, -0.2) is 5.14 Å². The van der Waals surface area contributed by atoms with E-state index in [-0.39, 0.29) is 6.54 Å². The molecule has 1 aliphatic heterocycles. The standard InChI is InChI=1S/C8H10N2O4S2/c9-16(13,14)10-3-1-6-5(2-4-15-6)7(10)8(11)12/h2,4,7H,1,3H2,(H,11,12)(H2,9,13,14). The van der Waals surface area contributed by atoms with Gasteiger partial charge in [-0.1, -0.05) is 0 Å². The Hall–Kier alpha value is -0.960. The molecule has 1 atom stereocenters. The molecule has 88 valence electrons. The summed E-state index contributed by atoms with van der Waals surface area (Å²) < 4.78 is 23.4. The number of rotatable bonds is 2. The Bertz CT molecular complexity index is 522. The third-order valence-corrected chi connectivity index (χ3v) is 4.53. The summed E-state index contributed by atoms with van der Waals surface area (Å²) in [7, 11) is -3.98. The van der Waals surface area contributed by atoms with E-state index in [9.17, 15) is 13.2 Å². The van der Waals surface area contributed by atoms with Crippen LogP contribution in [0.2, 0.25) is 0 Å². The molecule has 0 saturated carbocycles. The average molecular weight is 262 g/mol. The van der Waals surface area contributed by atoms with E-state index in [0.717, 1.165) is 9.18 Å². The molecule has 0 radical (unpaired) electrons. The number of nitrogens with two attached hydrogens (primary N) is 1. The molecule has 0 amide bonds. The van der Waals surface area contributed by atoms with Crippen molar-refractivity contribution in [3.8, 4) is 0 Å². The fourth-order valence-corrected chi connectivity index (χ4v) is 3.57. The van der Waals surface area contributed by atoms with Crippen LogP contribution < -0.4 is 5.14 Å². The number of carboxylic acid groups (broad SMARTS) is 1. The fraction of sp³-hybridized carbons (Fsp3) is 0.375. The summed E-state index contributed by atoms with van der Waals surface area (Å²) in [5.41, 5.74) is 0.526. The molecule has 6 nitrogen and oxygen atoms in total. The molecular weight excluding hydrogens is 252 g/mol. The molecule has 3 N–H and O–H groups in total. The van der Waals surface area contributed by atoms with Crippen LogP contribution >= 0.6 is 11.3 Å². The fourth-order valence-electron chi connectivity index (χ4n) is 1.82. The minimum absolute atomic E-state index is 0.114. The van der Waals surface area contributed by atoms with E-state index in [1.807, 2.05) is 0 Å². The lowest BCUT2D eigenvalue weighted by molar-refractivity contribution is -0.142. The van der Waals surface area contributed by atoms with Crippen molar-refractivity contribution < 1.29 is 18.3 Å². The Morgan fingerprint density at radius 1 is 1.62 bits per heavy atom. The zero-order valence-electron chi connectivity index (χ0n) is 8.16. The average Bonchev–Trinajstić information content (AvgIpc) is 2.61. The minimum atomic E-state index is -3.98. The molecule has 1 unspecified atom stereocenters. The molecule has 2 heterocycles. The summed E-state index contributed by atoms with van der Waals surface area (Å²) in [5.74, 6) is -1.20. The van der Waals surface area contributed by atoms with Gasteiger partial charge in [0.1, 0.15) is 6.04 Å². The van der Waals surface area contributed by atoms with Gasteiger partial charge < -0.3 is 5.11 Å². The van der Waals surface area contributed by atoms with Crippen LogP contribution in [0.3, 0.4) is 0 Å². The van der Waals surface area contributed by atoms with E-state index in [2.05, 4.69) is 0 Å². The second-order valence-electron chi connectivity index (χ2n) is 3.45. The number of hydrogen-bond acceptors (Lipinski definition) is 4. The topological polar surface area (TPSA) is 101 Å². The van der Waals surface area contributed by atoms with Gasteiger partial charge in [0, 0.05) is 11.4 Å². The number of carbonyl (C=O) groups is 1. The van der Waals surface area contributed by atoms with Crippen LogP contribution in [0, 0.1) is 0 Å². The first-order valence-electron chi connectivity index (χ1n) is 4.50. The van der Waals surface area contributed by atoms with Gasteiger partial charge in [-0.05, 0) is 23.4 Å². The van der Waals surface area contributed by atoms with Crippen molar-refractivity contribution in [2.45, 2.75) is 12.5 Å². The first kappa shape index (κ1) is 11.5. The highest BCUT2D eigenvalue weighted by molar-refractivity contribution is 7.86. The van der Waals surface area contributed by atoms with Gasteiger partial charge >= 0.3 is 5.97 Å². The lowest BCUT2D eigenvalue weighted by Crippen LogP contribution is -2.46. The number of hydrogen-bond donors (Lipinski definition) is 2. The van der Waals surface area contributed by atoms with E-state index >= 15 is 0 Å². The molecule has 0 aromatic carbocycles. The molecular formula is C8H10N2O4S2. The third kappa shape index (κ3) is 1.84. The van der Waals surface area contributed by atoms with Crippen LogP contribution in [0.4, 0.5) is 0 Å². The summed E-state index contributed by atoms with van der Waals surface area (Å²) in [4.78, 5) is 12.0. The summed E-state index contributed by atoms with van der Waals surface area (Å²) in [6.07, 6.45) is 0.507. The van der Waals surface area contributed by atoms with Gasteiger partial charge in [0.2, 0.25) is 0 Å². The highest BCUT2D eigenvalue weighted by atomic mass is 32.2. The highest BCUT2D eigenvalue weighted by Gasteiger charge is 2.38. The van der Waals surface area contributed by atoms with Crippen molar-refractivity contribution in [1.29, 1.82) is 0 Å². The van der Waals surface area contributed by atoms with Gasteiger partial charge in [0.05, 0.1) is 0 Å². The van der Waals surface area contributed by atoms with Gasteiger partial charge in [-0.15, -0.1) is 11.3 Å². The molecule has 1 aromatic rings. The summed E-state index contributed by atoms with van der Waals surface area (Å²) in [6, 6.07) is 0.445. The zero-order valence-corrected chi connectivity index (χ0v) is 9.79. The highest BCUT2D eigenvalue weighted by Crippen LogP contribution is 2.34. The Balaban J connectivity index is 2.50. The second kappa shape index (κ2) is 3.81. The molecule has 2 rings (SSSR count). The quantitative estimate of drug-likeness (QED) is 0.779. The van der Waals surface area contributed by atoms with Gasteiger partial charge in [-0.3, -0.25) is 4.79 Å². The van der Waals surface area contributed by atoms with Crippen molar-refractivity contribution >= 4 is 27.5 Å². The number of aliphatic carboxylic acids is 1. The molecule has 0 fully saturated rings. The van der Waals surface area contributed by atoms with Gasteiger partial charge in [0.25, 0.3) is 10.2 Å². The number of thiophene rings is 1. The first-order chi connectivity index (χ1) is 7.41. The normalized spacial score (nSPS) is 21.7. The lowest BCUT2D eigenvalue weighted by atomic mass is 10.0. The predicted octanol–water partition coefficient (Wildman–Crippen LogP) is -0.0646. The van der Waals surface area contributed by atoms with E-state index < -0.39 is 22.2 Å². The summed E-state index contributed by atoms with van der Waals surface area (Å²) in [5, 5.41) is 15.8. The van der Waals surface area contributed by atoms with E-state index in [1.165, 1.54) is 11.3 Å². The van der Waals surface area contributed by atoms with Crippen LogP contribution in [0.25, 0.3) is 0 Å². The maximum absolute atomic E-state index is 11.3. The van der Waals surface area contributed by atoms with Gasteiger partial charge in [-0.2, -0.15) is 12.7 Å². The van der Waals surface area contributed by atoms with Crippen molar-refractivity contribution in [3.05, 3.63) is 21.9 Å². The summed E-state index contributed by atoms with van der Waals surface area (Å²) >= 11 is 1.43. The number of fused-ring (bicyclic) bond motifs is 1. The van der Waals surface area contributed by atoms with Crippen LogP contribution in [-0.4, -0.2) is 30.3 Å². The van der Waals surface area contributed by atoms with E-state index in [1.54, 1.807) is 11.4 Å². The molecule has 0 spiro atoms. The maximum Gasteiger partial charge on any atom is 0.326 e. The molecule has 1 aromatic heterocycles. The second-order valence-corrected chi connectivity index (χ2v) is 5.95. The van der Waals surface area contributed by atoms with Crippen LogP contribution in [0.15, 0.2) is 11.4 Å². The van der Waals surface area contributed by atoms with Crippen molar-refractivity contribution in [2.75, 3.05) is 6.54 Å². The Morgan fingerprint density at radius 2 is 2.31 bits per heavy atom. The predicted molar refractivity (Wildman–Crippen MR) is 58.2 cm³/mol. The van der Waals surface area contributed by atoms with Crippen molar-refractivity contribution in [3.63, 3.8) is 0 Å². The maximum atomic E-state index is 11.3. The van der Waals surface area contributed by atoms with Gasteiger partial charge in [0.15, 0.2) is 0 Å². The Labute approximate surface area is 96.5 Å². The molecule has 0 aliphatic carbocycles. The number of nitrogens with zero attached hydrogens (tertiary/aromatic N) is 1. The monoisotopic (exact) mass is 262 g/mol. The van der Waals surface area contributed by atoms with E-state index in [4.69, 9.17) is 10.2 Å². The molecule has 8 heteroatoms. The summed E-state index contributed by atoms with van der Waals surface area (Å²) in [6.45, 7) is 0.114. The largest absolute Gasteiger partial charge is 0.480 e. The Kier molecular flexibility index (Phi) is 2.74. The minimum Gasteiger partial charge on any atom is -0.480 e. The zero-order chi connectivity index (χ0) is 11.9. The molecule has 0 bridgehead atoms. The molecule has 16 heavy (non-hydrogen) atoms. The van der Waals surface area contributed by atoms with Crippen molar-refractivity contribution in [1.82, 2.24) is 4.31 Å². The van der Waals surface area contributed by atoms with Crippen LogP contribution in [-0.2, 0) is 21.4 Å². The SMILES string of the molecule is NS(=O)(=O)N1CCc2sccc2C1C(=O)O. The van der Waals surface area contributed by atoms with Crippen LogP contribution in [0.1, 0.15) is 16.5 Å². The number of carboxylic acids is 1. The van der Waals surface area contributed by atoms with Crippen molar-refractivity contribution in [2.24, 2.45) is 5.14 Å². The molecule has 1 aliphatic rings. The molecule has 0 saturated heterocycles. The smallest absolute Gasteiger partial charge is 0.326 e. The third-order valence-electron chi connectivity index (χ3n) is 2.48. The Morgan fingerprint density at radius 3 is 2.88 bits per heavy atom. The van der Waals surface area contributed by atoms with Crippen LogP contribution in [0.5, 0.6) is 0 Å². The first-order valence-corrected chi connectivity index (χ1v) is 6.88. The van der Waals surface area contributed by atoms with E-state index in [0.29, 0.717) is 12.0 Å².